The fourth-order valence-corrected chi connectivity index (χ4v) is 2.08. The average Bonchev–Trinajstić information content (AvgIpc) is 2.92. The molecule has 0 aliphatic heterocycles. The highest BCUT2D eigenvalue weighted by atomic mass is 16.5. The molecule has 7 nitrogen and oxygen atoms in total. The summed E-state index contributed by atoms with van der Waals surface area (Å²) < 4.78 is 6.73. The van der Waals surface area contributed by atoms with E-state index in [2.05, 4.69) is 15.7 Å². The lowest BCUT2D eigenvalue weighted by atomic mass is 10.2. The standard InChI is InChI=1S/C16H20N4O3/c1-4-20-14(9-11(2)19-20)18-15(21)10-17-16(22)12-5-7-13(23-3)8-6-12/h5-9H,4,10H2,1-3H3,(H,17,22)(H,18,21). The molecule has 2 N–H and O–H groups in total. The summed E-state index contributed by atoms with van der Waals surface area (Å²) >= 11 is 0. The lowest BCUT2D eigenvalue weighted by Gasteiger charge is -2.08. The van der Waals surface area contributed by atoms with Gasteiger partial charge in [0.15, 0.2) is 0 Å². The number of rotatable bonds is 6. The fraction of sp³-hybridized carbons (Fsp3) is 0.312. The molecule has 23 heavy (non-hydrogen) atoms. The Morgan fingerprint density at radius 1 is 1.26 bits per heavy atom. The van der Waals surface area contributed by atoms with Crippen molar-refractivity contribution in [3.63, 3.8) is 0 Å². The molecule has 0 spiro atoms. The van der Waals surface area contributed by atoms with Gasteiger partial charge in [0.2, 0.25) is 5.91 Å². The first kappa shape index (κ1) is 16.5. The minimum Gasteiger partial charge on any atom is -0.497 e. The van der Waals surface area contributed by atoms with Crippen LogP contribution in [0.3, 0.4) is 0 Å². The molecular weight excluding hydrogens is 296 g/mol. The summed E-state index contributed by atoms with van der Waals surface area (Å²) in [5.74, 6) is 0.667. The number of hydrogen-bond acceptors (Lipinski definition) is 4. The van der Waals surface area contributed by atoms with Crippen LogP contribution < -0.4 is 15.4 Å². The van der Waals surface area contributed by atoms with Crippen LogP contribution in [-0.2, 0) is 11.3 Å². The number of nitrogens with one attached hydrogen (secondary N) is 2. The maximum Gasteiger partial charge on any atom is 0.251 e. The van der Waals surface area contributed by atoms with Crippen molar-refractivity contribution in [1.82, 2.24) is 15.1 Å². The molecule has 0 saturated heterocycles. The third-order valence-corrected chi connectivity index (χ3v) is 3.23. The van der Waals surface area contributed by atoms with Crippen molar-refractivity contribution in [2.75, 3.05) is 19.0 Å². The van der Waals surface area contributed by atoms with Crippen LogP contribution in [0.25, 0.3) is 0 Å². The molecule has 2 amide bonds. The monoisotopic (exact) mass is 316 g/mol. The number of nitrogens with zero attached hydrogens (tertiary/aromatic N) is 2. The van der Waals surface area contributed by atoms with Crippen LogP contribution in [-0.4, -0.2) is 35.2 Å². The van der Waals surface area contributed by atoms with Crippen molar-refractivity contribution < 1.29 is 14.3 Å². The predicted molar refractivity (Wildman–Crippen MR) is 86.6 cm³/mol. The molecule has 2 rings (SSSR count). The summed E-state index contributed by atoms with van der Waals surface area (Å²) in [5, 5.41) is 9.56. The van der Waals surface area contributed by atoms with E-state index >= 15 is 0 Å². The van der Waals surface area contributed by atoms with E-state index in [1.807, 2.05) is 13.8 Å². The molecule has 7 heteroatoms. The highest BCUT2D eigenvalue weighted by Crippen LogP contribution is 2.11. The minimum atomic E-state index is -0.317. The Labute approximate surface area is 134 Å². The van der Waals surface area contributed by atoms with Crippen LogP contribution in [0.5, 0.6) is 5.75 Å². The summed E-state index contributed by atoms with van der Waals surface area (Å²) in [6, 6.07) is 8.45. The second-order valence-electron chi connectivity index (χ2n) is 4.95. The van der Waals surface area contributed by atoms with Gasteiger partial charge in [0.25, 0.3) is 5.91 Å². The molecule has 0 atom stereocenters. The van der Waals surface area contributed by atoms with E-state index in [9.17, 15) is 9.59 Å². The molecule has 1 aromatic heterocycles. The number of aromatic nitrogens is 2. The van der Waals surface area contributed by atoms with Gasteiger partial charge in [-0.25, -0.2) is 4.68 Å². The highest BCUT2D eigenvalue weighted by molar-refractivity contribution is 5.99. The van der Waals surface area contributed by atoms with Crippen LogP contribution in [0.15, 0.2) is 30.3 Å². The number of ether oxygens (including phenoxy) is 1. The van der Waals surface area contributed by atoms with Crippen molar-refractivity contribution in [2.24, 2.45) is 0 Å². The van der Waals surface area contributed by atoms with Gasteiger partial charge in [-0.15, -0.1) is 0 Å². The SMILES string of the molecule is CCn1nc(C)cc1NC(=O)CNC(=O)c1ccc(OC)cc1. The number of benzene rings is 1. The number of amides is 2. The number of hydrogen-bond donors (Lipinski definition) is 2. The molecule has 1 aromatic carbocycles. The number of anilines is 1. The Bertz CT molecular complexity index is 692. The molecule has 2 aromatic rings. The zero-order chi connectivity index (χ0) is 16.8. The van der Waals surface area contributed by atoms with Crippen LogP contribution in [0.4, 0.5) is 5.82 Å². The molecule has 0 aliphatic carbocycles. The number of methoxy groups -OCH3 is 1. The normalized spacial score (nSPS) is 10.2. The van der Waals surface area contributed by atoms with Gasteiger partial charge in [-0.3, -0.25) is 9.59 Å². The summed E-state index contributed by atoms with van der Waals surface area (Å²) in [6.07, 6.45) is 0. The Morgan fingerprint density at radius 2 is 1.96 bits per heavy atom. The van der Waals surface area contributed by atoms with E-state index in [1.54, 1.807) is 42.1 Å². The van der Waals surface area contributed by atoms with Crippen molar-refractivity contribution in [1.29, 1.82) is 0 Å². The first-order valence-electron chi connectivity index (χ1n) is 7.30. The van der Waals surface area contributed by atoms with Gasteiger partial charge >= 0.3 is 0 Å². The van der Waals surface area contributed by atoms with Crippen LogP contribution in [0.1, 0.15) is 23.0 Å². The molecule has 0 saturated carbocycles. The lowest BCUT2D eigenvalue weighted by Crippen LogP contribution is -2.33. The summed E-state index contributed by atoms with van der Waals surface area (Å²) in [5.41, 5.74) is 1.29. The Kier molecular flexibility index (Phi) is 5.35. The molecule has 0 fully saturated rings. The van der Waals surface area contributed by atoms with Gasteiger partial charge in [-0.05, 0) is 38.1 Å². The summed E-state index contributed by atoms with van der Waals surface area (Å²) in [4.78, 5) is 23.9. The maximum atomic E-state index is 12.0. The number of carbonyl (C=O) groups excluding carboxylic acids is 2. The molecule has 0 radical (unpaired) electrons. The maximum absolute atomic E-state index is 12.0. The Hall–Kier alpha value is -2.83. The average molecular weight is 316 g/mol. The first-order valence-corrected chi connectivity index (χ1v) is 7.30. The van der Waals surface area contributed by atoms with Crippen molar-refractivity contribution >= 4 is 17.6 Å². The zero-order valence-electron chi connectivity index (χ0n) is 13.4. The largest absolute Gasteiger partial charge is 0.497 e. The van der Waals surface area contributed by atoms with Gasteiger partial charge in [0, 0.05) is 18.2 Å². The Balaban J connectivity index is 1.89. The van der Waals surface area contributed by atoms with Gasteiger partial charge in [0.1, 0.15) is 11.6 Å². The molecule has 122 valence electrons. The predicted octanol–water partition coefficient (Wildman–Crippen LogP) is 1.59. The van der Waals surface area contributed by atoms with Gasteiger partial charge in [0.05, 0.1) is 19.3 Å². The van der Waals surface area contributed by atoms with Crippen molar-refractivity contribution in [2.45, 2.75) is 20.4 Å². The third kappa shape index (κ3) is 4.32. The van der Waals surface area contributed by atoms with Crippen LogP contribution >= 0.6 is 0 Å². The molecular formula is C16H20N4O3. The zero-order valence-corrected chi connectivity index (χ0v) is 13.4. The van der Waals surface area contributed by atoms with Gasteiger partial charge < -0.3 is 15.4 Å². The molecule has 0 unspecified atom stereocenters. The molecule has 0 bridgehead atoms. The molecule has 1 heterocycles. The second-order valence-corrected chi connectivity index (χ2v) is 4.95. The van der Waals surface area contributed by atoms with E-state index in [0.29, 0.717) is 23.7 Å². The van der Waals surface area contributed by atoms with Gasteiger partial charge in [-0.2, -0.15) is 5.10 Å². The summed E-state index contributed by atoms with van der Waals surface area (Å²) in [7, 11) is 1.56. The molecule has 0 aliphatic rings. The van der Waals surface area contributed by atoms with E-state index in [4.69, 9.17) is 4.74 Å². The topological polar surface area (TPSA) is 85.3 Å². The summed E-state index contributed by atoms with van der Waals surface area (Å²) in [6.45, 7) is 4.33. The number of carbonyl (C=O) groups is 2. The van der Waals surface area contributed by atoms with Crippen LogP contribution in [0.2, 0.25) is 0 Å². The minimum absolute atomic E-state index is 0.112. The number of aryl methyl sites for hydroxylation is 2. The Morgan fingerprint density at radius 3 is 2.57 bits per heavy atom. The third-order valence-electron chi connectivity index (χ3n) is 3.23. The van der Waals surface area contributed by atoms with E-state index < -0.39 is 0 Å². The first-order chi connectivity index (χ1) is 11.0. The second kappa shape index (κ2) is 7.44. The lowest BCUT2D eigenvalue weighted by molar-refractivity contribution is -0.115. The smallest absolute Gasteiger partial charge is 0.251 e. The van der Waals surface area contributed by atoms with Crippen molar-refractivity contribution in [3.05, 3.63) is 41.6 Å². The van der Waals surface area contributed by atoms with E-state index in [-0.39, 0.29) is 18.4 Å². The fourth-order valence-electron chi connectivity index (χ4n) is 2.08. The highest BCUT2D eigenvalue weighted by Gasteiger charge is 2.11. The van der Waals surface area contributed by atoms with E-state index in [0.717, 1.165) is 5.69 Å². The van der Waals surface area contributed by atoms with Crippen molar-refractivity contribution in [3.8, 4) is 5.75 Å². The van der Waals surface area contributed by atoms with Crippen LogP contribution in [0, 0.1) is 6.92 Å². The quantitative estimate of drug-likeness (QED) is 0.847. The van der Waals surface area contributed by atoms with E-state index in [1.165, 1.54) is 0 Å². The van der Waals surface area contributed by atoms with Gasteiger partial charge in [-0.1, -0.05) is 0 Å².